The van der Waals surface area contributed by atoms with Gasteiger partial charge in [-0.05, 0) is 33.0 Å². The van der Waals surface area contributed by atoms with E-state index in [1.807, 2.05) is 14.1 Å². The van der Waals surface area contributed by atoms with Crippen LogP contribution in [0.25, 0.3) is 0 Å². The van der Waals surface area contributed by atoms with Crippen LogP contribution in [0.3, 0.4) is 0 Å². The zero-order valence-corrected chi connectivity index (χ0v) is 8.04. The molecule has 1 rings (SSSR count). The zero-order chi connectivity index (χ0) is 9.14. The maximum Gasteiger partial charge on any atom is 0.0800 e. The molecule has 0 saturated carbocycles. The Bertz CT molecular complexity index is 216. The Labute approximate surface area is 74.2 Å². The van der Waals surface area contributed by atoms with Crippen LogP contribution in [-0.2, 0) is 0 Å². The molecule has 0 bridgehead atoms. The van der Waals surface area contributed by atoms with Gasteiger partial charge in [0.25, 0.3) is 0 Å². The first-order valence-electron chi connectivity index (χ1n) is 4.29. The first-order valence-corrected chi connectivity index (χ1v) is 4.29. The smallest absolute Gasteiger partial charge is 0.0800 e. The standard InChI is InChI=1S/C10H17NO/c1-8-4-5-10(12)9(6-8)7-11(2)3/h4,6,10,12H,5,7H2,1-3H3. The molecule has 0 fully saturated rings. The topological polar surface area (TPSA) is 23.5 Å². The number of aliphatic hydroxyl groups excluding tert-OH is 1. The Morgan fingerprint density at radius 1 is 1.58 bits per heavy atom. The summed E-state index contributed by atoms with van der Waals surface area (Å²) in [5, 5.41) is 9.60. The molecule has 68 valence electrons. The number of hydrogen-bond donors (Lipinski definition) is 1. The lowest BCUT2D eigenvalue weighted by molar-refractivity contribution is 0.201. The van der Waals surface area contributed by atoms with E-state index in [4.69, 9.17) is 0 Å². The molecule has 1 atom stereocenters. The van der Waals surface area contributed by atoms with Crippen molar-refractivity contribution in [1.29, 1.82) is 0 Å². The molecule has 0 radical (unpaired) electrons. The average Bonchev–Trinajstić information content (AvgIpc) is 1.96. The van der Waals surface area contributed by atoms with Crippen LogP contribution >= 0.6 is 0 Å². The van der Waals surface area contributed by atoms with Gasteiger partial charge in [-0.25, -0.2) is 0 Å². The number of likely N-dealkylation sites (N-methyl/N-ethyl adjacent to an activating group) is 1. The van der Waals surface area contributed by atoms with E-state index in [2.05, 4.69) is 24.0 Å². The van der Waals surface area contributed by atoms with Crippen molar-refractivity contribution in [2.45, 2.75) is 19.4 Å². The van der Waals surface area contributed by atoms with Gasteiger partial charge in [0.1, 0.15) is 0 Å². The van der Waals surface area contributed by atoms with Crippen LogP contribution in [0.5, 0.6) is 0 Å². The Kier molecular flexibility index (Phi) is 3.06. The van der Waals surface area contributed by atoms with E-state index in [-0.39, 0.29) is 6.10 Å². The molecule has 0 aliphatic heterocycles. The second-order valence-corrected chi connectivity index (χ2v) is 3.66. The zero-order valence-electron chi connectivity index (χ0n) is 8.04. The molecular weight excluding hydrogens is 150 g/mol. The molecule has 2 heteroatoms. The van der Waals surface area contributed by atoms with Gasteiger partial charge < -0.3 is 10.0 Å². The number of nitrogens with zero attached hydrogens (tertiary/aromatic N) is 1. The molecule has 0 spiro atoms. The summed E-state index contributed by atoms with van der Waals surface area (Å²) in [7, 11) is 4.03. The van der Waals surface area contributed by atoms with Crippen LogP contribution < -0.4 is 0 Å². The lowest BCUT2D eigenvalue weighted by Gasteiger charge is -2.21. The van der Waals surface area contributed by atoms with Crippen LogP contribution in [0.2, 0.25) is 0 Å². The Hall–Kier alpha value is -0.600. The summed E-state index contributed by atoms with van der Waals surface area (Å²) >= 11 is 0. The van der Waals surface area contributed by atoms with Gasteiger partial charge in [0.2, 0.25) is 0 Å². The molecular formula is C10H17NO. The van der Waals surface area contributed by atoms with Crippen molar-refractivity contribution in [3.63, 3.8) is 0 Å². The largest absolute Gasteiger partial charge is 0.388 e. The van der Waals surface area contributed by atoms with Gasteiger partial charge >= 0.3 is 0 Å². The predicted molar refractivity (Wildman–Crippen MR) is 51.0 cm³/mol. The molecule has 0 saturated heterocycles. The highest BCUT2D eigenvalue weighted by Crippen LogP contribution is 2.17. The van der Waals surface area contributed by atoms with Gasteiger partial charge in [-0.3, -0.25) is 0 Å². The first kappa shape index (κ1) is 9.49. The maximum atomic E-state index is 9.60. The first-order chi connectivity index (χ1) is 5.59. The molecule has 0 aromatic heterocycles. The third kappa shape index (κ3) is 2.47. The van der Waals surface area contributed by atoms with E-state index < -0.39 is 0 Å². The molecule has 0 aromatic rings. The minimum Gasteiger partial charge on any atom is -0.388 e. The van der Waals surface area contributed by atoms with Crippen LogP contribution in [0.15, 0.2) is 23.3 Å². The van der Waals surface area contributed by atoms with Crippen LogP contribution in [0.4, 0.5) is 0 Å². The van der Waals surface area contributed by atoms with E-state index in [1.165, 1.54) is 5.57 Å². The van der Waals surface area contributed by atoms with Gasteiger partial charge in [0.05, 0.1) is 6.10 Å². The van der Waals surface area contributed by atoms with Gasteiger partial charge in [-0.15, -0.1) is 0 Å². The summed E-state index contributed by atoms with van der Waals surface area (Å²) in [4.78, 5) is 2.08. The second-order valence-electron chi connectivity index (χ2n) is 3.66. The van der Waals surface area contributed by atoms with Gasteiger partial charge in [0, 0.05) is 6.54 Å². The van der Waals surface area contributed by atoms with Gasteiger partial charge in [0.15, 0.2) is 0 Å². The molecule has 0 amide bonds. The third-order valence-electron chi connectivity index (χ3n) is 2.00. The third-order valence-corrected chi connectivity index (χ3v) is 2.00. The van der Waals surface area contributed by atoms with Gasteiger partial charge in [-0.2, -0.15) is 0 Å². The Morgan fingerprint density at radius 2 is 2.25 bits per heavy atom. The SMILES string of the molecule is CC1=CCC(O)C(CN(C)C)=C1. The lowest BCUT2D eigenvalue weighted by Crippen LogP contribution is -2.24. The van der Waals surface area contributed by atoms with Crippen molar-refractivity contribution in [1.82, 2.24) is 4.90 Å². The van der Waals surface area contributed by atoms with Crippen LogP contribution in [-0.4, -0.2) is 36.8 Å². The van der Waals surface area contributed by atoms with Gasteiger partial charge in [-0.1, -0.05) is 17.7 Å². The molecule has 1 N–H and O–H groups in total. The second kappa shape index (κ2) is 3.87. The fraction of sp³-hybridized carbons (Fsp3) is 0.600. The fourth-order valence-corrected chi connectivity index (χ4v) is 1.41. The van der Waals surface area contributed by atoms with Crippen molar-refractivity contribution in [3.05, 3.63) is 23.3 Å². The molecule has 12 heavy (non-hydrogen) atoms. The number of allylic oxidation sites excluding steroid dienone is 2. The minimum atomic E-state index is -0.268. The maximum absolute atomic E-state index is 9.60. The minimum absolute atomic E-state index is 0.268. The summed E-state index contributed by atoms with van der Waals surface area (Å²) in [6, 6.07) is 0. The average molecular weight is 167 g/mol. The normalized spacial score (nSPS) is 23.9. The lowest BCUT2D eigenvalue weighted by atomic mass is 9.97. The Balaban J connectivity index is 2.65. The van der Waals surface area contributed by atoms with E-state index in [9.17, 15) is 5.11 Å². The monoisotopic (exact) mass is 167 g/mol. The van der Waals surface area contributed by atoms with Crippen molar-refractivity contribution >= 4 is 0 Å². The highest BCUT2D eigenvalue weighted by atomic mass is 16.3. The number of hydrogen-bond acceptors (Lipinski definition) is 2. The summed E-state index contributed by atoms with van der Waals surface area (Å²) in [6.07, 6.45) is 4.65. The molecule has 1 aliphatic rings. The van der Waals surface area contributed by atoms with Crippen molar-refractivity contribution < 1.29 is 5.11 Å². The molecule has 2 nitrogen and oxygen atoms in total. The fourth-order valence-electron chi connectivity index (χ4n) is 1.41. The molecule has 0 heterocycles. The quantitative estimate of drug-likeness (QED) is 0.667. The molecule has 0 aromatic carbocycles. The summed E-state index contributed by atoms with van der Waals surface area (Å²) in [6.45, 7) is 2.92. The van der Waals surface area contributed by atoms with Crippen molar-refractivity contribution in [2.75, 3.05) is 20.6 Å². The predicted octanol–water partition coefficient (Wildman–Crippen LogP) is 1.19. The summed E-state index contributed by atoms with van der Waals surface area (Å²) < 4.78 is 0. The van der Waals surface area contributed by atoms with Crippen LogP contribution in [0, 0.1) is 0 Å². The van der Waals surface area contributed by atoms with E-state index in [1.54, 1.807) is 0 Å². The highest BCUT2D eigenvalue weighted by molar-refractivity contribution is 5.29. The number of aliphatic hydroxyl groups is 1. The number of rotatable bonds is 2. The highest BCUT2D eigenvalue weighted by Gasteiger charge is 2.13. The van der Waals surface area contributed by atoms with E-state index in [0.29, 0.717) is 0 Å². The summed E-state index contributed by atoms with van der Waals surface area (Å²) in [5.41, 5.74) is 2.39. The van der Waals surface area contributed by atoms with Crippen molar-refractivity contribution in [3.8, 4) is 0 Å². The molecule has 1 unspecified atom stereocenters. The van der Waals surface area contributed by atoms with Crippen LogP contribution in [0.1, 0.15) is 13.3 Å². The van der Waals surface area contributed by atoms with E-state index in [0.717, 1.165) is 18.5 Å². The Morgan fingerprint density at radius 3 is 2.83 bits per heavy atom. The summed E-state index contributed by atoms with van der Waals surface area (Å²) in [5.74, 6) is 0. The molecule has 1 aliphatic carbocycles. The van der Waals surface area contributed by atoms with Crippen molar-refractivity contribution in [2.24, 2.45) is 0 Å². The van der Waals surface area contributed by atoms with E-state index >= 15 is 0 Å².